The summed E-state index contributed by atoms with van der Waals surface area (Å²) < 4.78 is 58.3. The van der Waals surface area contributed by atoms with Crippen molar-refractivity contribution in [2.24, 2.45) is 45.8 Å². The first-order chi connectivity index (χ1) is 62.0. The van der Waals surface area contributed by atoms with Gasteiger partial charge in [0.2, 0.25) is 43.7 Å². The Morgan fingerprint density at radius 1 is 0.636 bits per heavy atom. The minimum atomic E-state index is -4.15. The van der Waals surface area contributed by atoms with E-state index in [0.29, 0.717) is 36.3 Å². The molecule has 1 saturated heterocycles. The second kappa shape index (κ2) is 55.1. The molecule has 0 radical (unpaired) electrons. The SMILES string of the molecule is CCCC(=O)OCN(C(=O)[C@@H](CC(=O)[C@H]1CCCCN1C)C(C)CC)[C@H](C[C@@H](C)c1nc(C(=O)N[C@@H](Cc2ccc(O)cc2)C[C@H](C)C(=O)CNC(=O)OCCSSC[C@H](CC(=O)[C@H](CC(=O)O)NC(=O)[C@H](CC(=O)O)CC(=O)[C@H](CC(=O)O)NC(=O)CN(CCN(CC(=O)O)CC(=O)Nc2ccc(S(N)(=O)=O)cc2)CC(=O)Cc2ccc(S(N)(=O)=O)cc2)C(=O)O)cs1)C(C)C. The van der Waals surface area contributed by atoms with Crippen LogP contribution in [0.4, 0.5) is 10.5 Å². The molecule has 1 fully saturated rings. The lowest BCUT2D eigenvalue weighted by molar-refractivity contribution is -0.160. The fourth-order valence-corrected chi connectivity index (χ4v) is 18.5. The van der Waals surface area contributed by atoms with Crippen molar-refractivity contribution in [3.8, 4) is 5.75 Å². The lowest BCUT2D eigenvalue weighted by atomic mass is 9.82. The Bertz CT molecular complexity index is 4910. The zero-order valence-electron chi connectivity index (χ0n) is 74.7. The third-order valence-electron chi connectivity index (χ3n) is 21.9. The van der Waals surface area contributed by atoms with Crippen LogP contribution in [0.1, 0.15) is 171 Å². The minimum Gasteiger partial charge on any atom is -0.508 e. The second-order valence-electron chi connectivity index (χ2n) is 33.0. The molecule has 2 heterocycles. The molecule has 4 aromatic rings. The maximum Gasteiger partial charge on any atom is 0.407 e. The van der Waals surface area contributed by atoms with Gasteiger partial charge in [0.05, 0.1) is 96.7 Å². The summed E-state index contributed by atoms with van der Waals surface area (Å²) in [5.74, 6) is -22.6. The highest BCUT2D eigenvalue weighted by Gasteiger charge is 2.41. The number of nitrogens with two attached hydrogens (primary N) is 2. The summed E-state index contributed by atoms with van der Waals surface area (Å²) in [5, 5.41) is 84.2. The summed E-state index contributed by atoms with van der Waals surface area (Å²) in [4.78, 5) is 236. The Hall–Kier alpha value is -10.7. The second-order valence-corrected chi connectivity index (χ2v) is 39.6. The number of alkyl carbamates (subject to hydrolysis) is 1. The topological polar surface area (TPSA) is 636 Å². The van der Waals surface area contributed by atoms with Crippen LogP contribution >= 0.6 is 32.9 Å². The number of aliphatic carboxylic acids is 5. The Balaban J connectivity index is 1.18. The Labute approximate surface area is 777 Å². The van der Waals surface area contributed by atoms with Crippen molar-refractivity contribution in [2.45, 2.75) is 197 Å². The minimum absolute atomic E-state index is 0.00114. The summed E-state index contributed by atoms with van der Waals surface area (Å²) in [5.41, 5.74) is 1.10. The van der Waals surface area contributed by atoms with E-state index in [9.17, 15) is 124 Å². The number of ether oxygens (including phenoxy) is 2. The van der Waals surface area contributed by atoms with Crippen LogP contribution < -0.4 is 36.9 Å². The predicted octanol–water partition coefficient (Wildman–Crippen LogP) is 4.71. The summed E-state index contributed by atoms with van der Waals surface area (Å²) in [6.45, 7) is 9.04. The number of piperidine rings is 1. The molecule has 0 saturated carbocycles. The Morgan fingerprint density at radius 2 is 1.21 bits per heavy atom. The van der Waals surface area contributed by atoms with Gasteiger partial charge in [0.1, 0.15) is 18.1 Å². The number of anilines is 1. The van der Waals surface area contributed by atoms with Gasteiger partial charge in [-0.2, -0.15) is 0 Å². The van der Waals surface area contributed by atoms with Crippen LogP contribution in [0.25, 0.3) is 0 Å². The van der Waals surface area contributed by atoms with Gasteiger partial charge in [-0.3, -0.25) is 91.4 Å². The third kappa shape index (κ3) is 40.0. The number of phenols is 1. The van der Waals surface area contributed by atoms with Crippen LogP contribution in [0.15, 0.2) is 88.0 Å². The number of carboxylic acid groups (broad SMARTS) is 5. The highest BCUT2D eigenvalue weighted by Crippen LogP contribution is 2.34. The molecule has 6 amide bonds. The van der Waals surface area contributed by atoms with E-state index >= 15 is 4.79 Å². The normalized spacial score (nSPS) is 15.3. The first kappa shape index (κ1) is 112. The number of hydrogen-bond acceptors (Lipinski definition) is 31. The Kier molecular flexibility index (Phi) is 46.6. The molecule has 0 spiro atoms. The number of aromatic nitrogens is 1. The average Bonchev–Trinajstić information content (AvgIpc) is 1.34. The van der Waals surface area contributed by atoms with E-state index in [2.05, 4.69) is 26.6 Å². The molecule has 1 aliphatic heterocycles. The number of carboxylic acids is 5. The number of likely N-dealkylation sites (tertiary alicyclic amines) is 1. The van der Waals surface area contributed by atoms with Crippen molar-refractivity contribution in [3.63, 3.8) is 0 Å². The molecule has 132 heavy (non-hydrogen) atoms. The van der Waals surface area contributed by atoms with Crippen LogP contribution in [0.3, 0.4) is 0 Å². The van der Waals surface area contributed by atoms with Gasteiger partial charge in [-0.05, 0) is 124 Å². The van der Waals surface area contributed by atoms with Crippen molar-refractivity contribution in [1.29, 1.82) is 0 Å². The van der Waals surface area contributed by atoms with Crippen LogP contribution in [0.5, 0.6) is 5.75 Å². The van der Waals surface area contributed by atoms with Crippen LogP contribution in [-0.4, -0.2) is 287 Å². The monoisotopic (exact) mass is 1940 g/mol. The summed E-state index contributed by atoms with van der Waals surface area (Å²) in [7, 11) is -4.47. The number of likely N-dealkylation sites (N-methyl/N-ethyl adjacent to an activating group) is 1. The molecule has 11 atom stereocenters. The number of carbonyl (C=O) groups is 17. The average molecular weight is 1950 g/mol. The van der Waals surface area contributed by atoms with Gasteiger partial charge >= 0.3 is 41.9 Å². The number of carbonyl (C=O) groups excluding carboxylic acids is 12. The van der Waals surface area contributed by atoms with Crippen LogP contribution in [0, 0.1) is 35.5 Å². The largest absolute Gasteiger partial charge is 0.508 e. The number of esters is 1. The zero-order chi connectivity index (χ0) is 98.4. The molecular formula is C86H120N12O29S5. The number of ketones is 5. The maximum atomic E-state index is 15.0. The molecule has 728 valence electrons. The van der Waals surface area contributed by atoms with Crippen molar-refractivity contribution in [2.75, 3.05) is 89.6 Å². The fraction of sp³-hybridized carbons (Fsp3) is 0.558. The third-order valence-corrected chi connectivity index (χ3v) is 27.3. The molecular weight excluding hydrogens is 1830 g/mol. The lowest BCUT2D eigenvalue weighted by Gasteiger charge is -2.39. The number of Topliss-reactive ketones (excluding diaryl/α,β-unsaturated/α-hetero) is 5. The van der Waals surface area contributed by atoms with Gasteiger partial charge < -0.3 is 71.6 Å². The number of nitrogens with one attached hydrogen (secondary N) is 5. The molecule has 3 aromatic carbocycles. The quantitative estimate of drug-likeness (QED) is 0.0123. The van der Waals surface area contributed by atoms with Gasteiger partial charge in [-0.15, -0.1) is 11.3 Å². The van der Waals surface area contributed by atoms with Crippen LogP contribution in [0.2, 0.25) is 0 Å². The smallest absolute Gasteiger partial charge is 0.407 e. The number of benzene rings is 3. The first-order valence-corrected chi connectivity index (χ1v) is 49.2. The Morgan fingerprint density at radius 3 is 1.77 bits per heavy atom. The molecule has 1 aliphatic rings. The molecule has 0 aliphatic carbocycles. The van der Waals surface area contributed by atoms with E-state index in [-0.39, 0.29) is 118 Å². The lowest BCUT2D eigenvalue weighted by Crippen LogP contribution is -2.50. The number of phenolic OH excluding ortho intramolecular Hbond substituents is 1. The van der Waals surface area contributed by atoms with Gasteiger partial charge in [-0.25, -0.2) is 36.9 Å². The van der Waals surface area contributed by atoms with E-state index in [0.717, 1.165) is 75.0 Å². The molecule has 41 nitrogen and oxygen atoms in total. The molecule has 0 bridgehead atoms. The highest BCUT2D eigenvalue weighted by atomic mass is 33.1. The number of sulfonamides is 2. The van der Waals surface area contributed by atoms with E-state index in [1.54, 1.807) is 29.3 Å². The maximum absolute atomic E-state index is 15.0. The van der Waals surface area contributed by atoms with Crippen molar-refractivity contribution in [1.82, 2.24) is 45.9 Å². The number of amides is 6. The van der Waals surface area contributed by atoms with Crippen molar-refractivity contribution >= 4 is 159 Å². The van der Waals surface area contributed by atoms with E-state index in [1.807, 2.05) is 53.5 Å². The van der Waals surface area contributed by atoms with Crippen molar-refractivity contribution < 1.29 is 138 Å². The number of thiazole rings is 1. The zero-order valence-corrected chi connectivity index (χ0v) is 78.8. The summed E-state index contributed by atoms with van der Waals surface area (Å²) in [6.07, 6.45) is -2.61. The predicted molar refractivity (Wildman–Crippen MR) is 483 cm³/mol. The summed E-state index contributed by atoms with van der Waals surface area (Å²) >= 11 is 1.24. The van der Waals surface area contributed by atoms with Gasteiger partial charge in [0, 0.05) is 97.6 Å². The number of rotatable bonds is 62. The number of primary sulfonamides is 2. The summed E-state index contributed by atoms with van der Waals surface area (Å²) in [6, 6.07) is 9.96. The number of hydrogen-bond donors (Lipinski definition) is 13. The van der Waals surface area contributed by atoms with Crippen molar-refractivity contribution in [3.05, 3.63) is 100 Å². The van der Waals surface area contributed by atoms with E-state index in [4.69, 9.17) is 24.7 Å². The molecule has 5 rings (SSSR count). The molecule has 46 heteroatoms. The van der Waals surface area contributed by atoms with E-state index < -0.39 is 241 Å². The fourth-order valence-electron chi connectivity index (χ4n) is 14.5. The first-order valence-electron chi connectivity index (χ1n) is 42.7. The van der Waals surface area contributed by atoms with E-state index in [1.165, 1.54) is 47.7 Å². The molecule has 15 N–H and O–H groups in total. The standard InChI is InChI=1S/C86H120N12O29S5/c1-9-13-80(115)127-49-98(84(118)64(51(5)10-2)39-72(103)68-14-11-12-27-95(68)8)69(50(3)4)33-53(7)83-94-67(48-128-83)82(117)91-59(34-54-15-21-60(99)22-16-54)32-52(6)73(104)42-89-86(121)126-30-31-129-130-47-57(85(119)120)37-71(102)66(41-78(111)112)93-81(116)56(38-76(107)108)36-70(101)65(40-77(109)110)92-75(106)45-96(43-61(100)35-55-17-23-62(24-18-55)131(87,122)123)28-29-97(46-79(113)114)44-74(105)90-58-19-25-63(26-20-58)132(88,124)125/h15-26,48,50-53,56-57,59,64-66,68-69,99H,9-14,27-47,49H2,1-8H3,(H,89,121)(H,90,105)(H,91,117)(H,92,106)(H,93,116)(H,107,108)(H,109,110)(H,111,112)(H,113,114)(H,119,120)(H2,87,122,123)(H2,88,124,125)/t51?,52-,53+,56-,57-,59+,64-,65-,66-,68+,69+/m0/s1. The molecule has 1 aromatic heterocycles. The van der Waals surface area contributed by atoms with Gasteiger partial charge in [0.25, 0.3) is 5.91 Å². The van der Waals surface area contributed by atoms with Crippen LogP contribution in [-0.2, 0) is 114 Å². The highest BCUT2D eigenvalue weighted by molar-refractivity contribution is 8.76. The van der Waals surface area contributed by atoms with Gasteiger partial charge in [-0.1, -0.05) is 107 Å². The van der Waals surface area contributed by atoms with Gasteiger partial charge in [0.15, 0.2) is 35.6 Å². The molecule has 1 unspecified atom stereocenters. The number of nitrogens with zero attached hydrogens (tertiary/aromatic N) is 5. The number of aromatic hydroxyl groups is 1.